The van der Waals surface area contributed by atoms with Gasteiger partial charge in [0.25, 0.3) is 0 Å². The van der Waals surface area contributed by atoms with Gasteiger partial charge in [0.2, 0.25) is 5.91 Å². The summed E-state index contributed by atoms with van der Waals surface area (Å²) in [6, 6.07) is 19.1. The van der Waals surface area contributed by atoms with Gasteiger partial charge < -0.3 is 14.5 Å². The van der Waals surface area contributed by atoms with Crippen LogP contribution in [-0.4, -0.2) is 33.5 Å². The summed E-state index contributed by atoms with van der Waals surface area (Å²) in [5.74, 6) is 2.29. The smallest absolute Gasteiger partial charge is 0.234 e. The molecule has 158 valence electrons. The Labute approximate surface area is 184 Å². The maximum atomic E-state index is 12.4. The molecule has 0 spiro atoms. The fraction of sp³-hybridized carbons (Fsp3) is 0.174. The van der Waals surface area contributed by atoms with Crippen LogP contribution in [0.25, 0.3) is 11.4 Å². The number of benzene rings is 2. The van der Waals surface area contributed by atoms with Crippen LogP contribution in [0.5, 0.6) is 5.75 Å². The Balaban J connectivity index is 1.54. The fourth-order valence-electron chi connectivity index (χ4n) is 3.04. The first-order valence-electron chi connectivity index (χ1n) is 9.71. The average molecular weight is 435 g/mol. The molecule has 0 aliphatic carbocycles. The zero-order valence-corrected chi connectivity index (χ0v) is 18.1. The van der Waals surface area contributed by atoms with Gasteiger partial charge in [-0.25, -0.2) is 0 Å². The number of rotatable bonds is 8. The number of carbonyl (C=O) groups excluding carboxylic acids is 1. The highest BCUT2D eigenvalue weighted by molar-refractivity contribution is 7.99. The van der Waals surface area contributed by atoms with Crippen molar-refractivity contribution >= 4 is 23.4 Å². The number of amides is 1. The average Bonchev–Trinajstić information content (AvgIpc) is 3.44. The lowest BCUT2D eigenvalue weighted by Crippen LogP contribution is -2.14. The third kappa shape index (κ3) is 5.16. The summed E-state index contributed by atoms with van der Waals surface area (Å²) in [5.41, 5.74) is 2.78. The lowest BCUT2D eigenvalue weighted by atomic mass is 10.2. The van der Waals surface area contributed by atoms with Crippen molar-refractivity contribution in [3.63, 3.8) is 0 Å². The summed E-state index contributed by atoms with van der Waals surface area (Å²) < 4.78 is 12.8. The van der Waals surface area contributed by atoms with Gasteiger partial charge in [-0.15, -0.1) is 10.2 Å². The zero-order valence-electron chi connectivity index (χ0n) is 17.2. The number of nitrogens with one attached hydrogen (secondary N) is 1. The number of methoxy groups -OCH3 is 1. The summed E-state index contributed by atoms with van der Waals surface area (Å²) >= 11 is 1.33. The van der Waals surface area contributed by atoms with Gasteiger partial charge in [-0.3, -0.25) is 9.36 Å². The van der Waals surface area contributed by atoms with Crippen molar-refractivity contribution in [2.45, 2.75) is 18.6 Å². The van der Waals surface area contributed by atoms with E-state index in [0.29, 0.717) is 17.5 Å². The number of thioether (sulfide) groups is 1. The Morgan fingerprint density at radius 1 is 1.13 bits per heavy atom. The fourth-order valence-corrected chi connectivity index (χ4v) is 3.77. The number of carbonyl (C=O) groups is 1. The third-order valence-electron chi connectivity index (χ3n) is 4.61. The summed E-state index contributed by atoms with van der Waals surface area (Å²) in [4.78, 5) is 12.4. The molecule has 0 aliphatic rings. The molecular weight excluding hydrogens is 412 g/mol. The van der Waals surface area contributed by atoms with Crippen molar-refractivity contribution < 1.29 is 13.9 Å². The predicted octanol–water partition coefficient (Wildman–Crippen LogP) is 4.63. The van der Waals surface area contributed by atoms with Crippen molar-refractivity contribution in [2.75, 3.05) is 18.2 Å². The maximum Gasteiger partial charge on any atom is 0.234 e. The van der Waals surface area contributed by atoms with E-state index >= 15 is 0 Å². The van der Waals surface area contributed by atoms with Crippen LogP contribution >= 0.6 is 11.8 Å². The minimum Gasteiger partial charge on any atom is -0.497 e. The molecule has 7 nitrogen and oxygen atoms in total. The van der Waals surface area contributed by atoms with Gasteiger partial charge in [-0.05, 0) is 43.3 Å². The summed E-state index contributed by atoms with van der Waals surface area (Å²) in [6.07, 6.45) is 1.63. The number of hydrogen-bond acceptors (Lipinski definition) is 6. The van der Waals surface area contributed by atoms with Crippen LogP contribution in [0.4, 0.5) is 5.69 Å². The van der Waals surface area contributed by atoms with Crippen LogP contribution in [0.1, 0.15) is 11.3 Å². The quantitative estimate of drug-likeness (QED) is 0.407. The van der Waals surface area contributed by atoms with Crippen LogP contribution in [0, 0.1) is 6.92 Å². The molecule has 0 saturated carbocycles. The van der Waals surface area contributed by atoms with Crippen molar-refractivity contribution in [3.05, 3.63) is 78.3 Å². The van der Waals surface area contributed by atoms with Crippen molar-refractivity contribution in [2.24, 2.45) is 0 Å². The number of hydrogen-bond donors (Lipinski definition) is 1. The predicted molar refractivity (Wildman–Crippen MR) is 120 cm³/mol. The van der Waals surface area contributed by atoms with E-state index in [1.54, 1.807) is 13.4 Å². The third-order valence-corrected chi connectivity index (χ3v) is 5.57. The molecule has 1 amide bonds. The molecule has 2 aromatic carbocycles. The first-order chi connectivity index (χ1) is 15.1. The minimum atomic E-state index is -0.107. The maximum absolute atomic E-state index is 12.4. The summed E-state index contributed by atoms with van der Waals surface area (Å²) in [6.45, 7) is 2.46. The van der Waals surface area contributed by atoms with Crippen LogP contribution in [0.2, 0.25) is 0 Å². The van der Waals surface area contributed by atoms with E-state index in [9.17, 15) is 4.79 Å². The first kappa shape index (κ1) is 20.7. The summed E-state index contributed by atoms with van der Waals surface area (Å²) in [7, 11) is 1.63. The van der Waals surface area contributed by atoms with E-state index in [0.717, 1.165) is 28.3 Å². The Morgan fingerprint density at radius 3 is 2.71 bits per heavy atom. The molecule has 4 rings (SSSR count). The lowest BCUT2D eigenvalue weighted by molar-refractivity contribution is -0.113. The van der Waals surface area contributed by atoms with Crippen LogP contribution in [0.3, 0.4) is 0 Å². The van der Waals surface area contributed by atoms with Crippen LogP contribution in [-0.2, 0) is 11.3 Å². The van der Waals surface area contributed by atoms with E-state index in [4.69, 9.17) is 9.15 Å². The van der Waals surface area contributed by atoms with Crippen LogP contribution in [0.15, 0.2) is 76.5 Å². The molecular formula is C23H22N4O3S. The van der Waals surface area contributed by atoms with Gasteiger partial charge in [0.05, 0.1) is 25.7 Å². The van der Waals surface area contributed by atoms with Crippen LogP contribution < -0.4 is 10.1 Å². The lowest BCUT2D eigenvalue weighted by Gasteiger charge is -2.10. The second-order valence-corrected chi connectivity index (χ2v) is 7.85. The number of anilines is 1. The van der Waals surface area contributed by atoms with Gasteiger partial charge in [0.1, 0.15) is 11.5 Å². The standard InChI is InChI=1S/C23H22N4O3S/c1-16-8-10-18(11-9-16)24-21(28)15-31-23-26-25-22(17-5-3-6-19(13-17)29-2)27(23)14-20-7-4-12-30-20/h3-13H,14-15H2,1-2H3,(H,24,28). The first-order valence-corrected chi connectivity index (χ1v) is 10.7. The van der Waals surface area contributed by atoms with E-state index in [1.165, 1.54) is 11.8 Å². The highest BCUT2D eigenvalue weighted by Crippen LogP contribution is 2.27. The Hall–Kier alpha value is -3.52. The number of ether oxygens (including phenoxy) is 1. The SMILES string of the molecule is COc1cccc(-c2nnc(SCC(=O)Nc3ccc(C)cc3)n2Cc2ccco2)c1. The van der Waals surface area contributed by atoms with E-state index < -0.39 is 0 Å². The topological polar surface area (TPSA) is 82.2 Å². The highest BCUT2D eigenvalue weighted by atomic mass is 32.2. The number of furan rings is 1. The highest BCUT2D eigenvalue weighted by Gasteiger charge is 2.17. The summed E-state index contributed by atoms with van der Waals surface area (Å²) in [5, 5.41) is 12.2. The molecule has 2 heterocycles. The second kappa shape index (κ2) is 9.53. The molecule has 0 bridgehead atoms. The molecule has 0 unspecified atom stereocenters. The monoisotopic (exact) mass is 434 g/mol. The van der Waals surface area contributed by atoms with Crippen molar-refractivity contribution in [1.82, 2.24) is 14.8 Å². The van der Waals surface area contributed by atoms with Gasteiger partial charge in [0, 0.05) is 11.3 Å². The molecule has 2 aromatic heterocycles. The number of aryl methyl sites for hydroxylation is 1. The van der Waals surface area contributed by atoms with Crippen molar-refractivity contribution in [1.29, 1.82) is 0 Å². The van der Waals surface area contributed by atoms with E-state index in [2.05, 4.69) is 15.5 Å². The van der Waals surface area contributed by atoms with Gasteiger partial charge in [-0.2, -0.15) is 0 Å². The molecule has 1 N–H and O–H groups in total. The van der Waals surface area contributed by atoms with Crippen molar-refractivity contribution in [3.8, 4) is 17.1 Å². The molecule has 0 fully saturated rings. The minimum absolute atomic E-state index is 0.107. The molecule has 0 saturated heterocycles. The Bertz CT molecular complexity index is 1150. The second-order valence-electron chi connectivity index (χ2n) is 6.91. The Kier molecular flexibility index (Phi) is 6.37. The van der Waals surface area contributed by atoms with E-state index in [1.807, 2.05) is 72.2 Å². The molecule has 0 radical (unpaired) electrons. The molecule has 0 atom stereocenters. The number of nitrogens with zero attached hydrogens (tertiary/aromatic N) is 3. The molecule has 4 aromatic rings. The number of aromatic nitrogens is 3. The van der Waals surface area contributed by atoms with Gasteiger partial charge >= 0.3 is 0 Å². The largest absolute Gasteiger partial charge is 0.497 e. The van der Waals surface area contributed by atoms with E-state index in [-0.39, 0.29) is 11.7 Å². The zero-order chi connectivity index (χ0) is 21.6. The van der Waals surface area contributed by atoms with Gasteiger partial charge in [0.15, 0.2) is 11.0 Å². The normalized spacial score (nSPS) is 10.8. The molecule has 31 heavy (non-hydrogen) atoms. The Morgan fingerprint density at radius 2 is 1.97 bits per heavy atom. The molecule has 0 aliphatic heterocycles. The van der Waals surface area contributed by atoms with Gasteiger partial charge in [-0.1, -0.05) is 41.6 Å². The molecule has 8 heteroatoms.